The van der Waals surface area contributed by atoms with E-state index in [4.69, 9.17) is 5.73 Å². The molecule has 0 aliphatic heterocycles. The molecule has 2 saturated carbocycles. The monoisotopic (exact) mass is 250 g/mol. The molecular weight excluding hydrogens is 229 g/mol. The Morgan fingerprint density at radius 2 is 1.53 bits per heavy atom. The van der Waals surface area contributed by atoms with E-state index in [2.05, 4.69) is 0 Å². The van der Waals surface area contributed by atoms with Crippen LogP contribution in [0.4, 0.5) is 13.2 Å². The lowest BCUT2D eigenvalue weighted by molar-refractivity contribution is -0.186. The third kappa shape index (κ3) is 4.14. The molecule has 2 fully saturated rings. The Morgan fingerprint density at radius 3 is 1.82 bits per heavy atom. The summed E-state index contributed by atoms with van der Waals surface area (Å²) in [5, 5.41) is 0. The number of hydrogen-bond acceptors (Lipinski definition) is 2. The van der Waals surface area contributed by atoms with E-state index in [1.807, 2.05) is 0 Å². The van der Waals surface area contributed by atoms with Crippen LogP contribution in [0.25, 0.3) is 0 Å². The highest BCUT2D eigenvalue weighted by Crippen LogP contribution is 2.37. The van der Waals surface area contributed by atoms with Crippen molar-refractivity contribution < 1.29 is 13.2 Å². The summed E-state index contributed by atoms with van der Waals surface area (Å²) in [5.74, 6) is 0.993. The summed E-state index contributed by atoms with van der Waals surface area (Å²) in [6.07, 6.45) is 0.261. The van der Waals surface area contributed by atoms with Gasteiger partial charge in [0.2, 0.25) is 0 Å². The topological polar surface area (TPSA) is 29.3 Å². The highest BCUT2D eigenvalue weighted by Gasteiger charge is 2.45. The second kappa shape index (κ2) is 5.14. The highest BCUT2D eigenvalue weighted by molar-refractivity contribution is 4.88. The average molecular weight is 250 g/mol. The van der Waals surface area contributed by atoms with Crippen LogP contribution in [0.3, 0.4) is 0 Å². The molecule has 2 aliphatic carbocycles. The average Bonchev–Trinajstić information content (AvgIpc) is 3.05. The molecule has 0 saturated heterocycles. The molecule has 2 nitrogen and oxygen atoms in total. The predicted octanol–water partition coefficient (Wildman–Crippen LogP) is 2.39. The largest absolute Gasteiger partial charge is 0.404 e. The van der Waals surface area contributed by atoms with Gasteiger partial charge in [0.05, 0.1) is 0 Å². The molecule has 0 aromatic carbocycles. The molecule has 1 unspecified atom stereocenters. The van der Waals surface area contributed by atoms with Crippen molar-refractivity contribution in [3.05, 3.63) is 0 Å². The van der Waals surface area contributed by atoms with Crippen molar-refractivity contribution in [2.75, 3.05) is 19.6 Å². The van der Waals surface area contributed by atoms with E-state index in [1.165, 1.54) is 0 Å². The molecule has 17 heavy (non-hydrogen) atoms. The van der Waals surface area contributed by atoms with E-state index in [9.17, 15) is 13.2 Å². The molecule has 0 amide bonds. The van der Waals surface area contributed by atoms with Crippen molar-refractivity contribution in [1.82, 2.24) is 4.90 Å². The third-order valence-corrected chi connectivity index (χ3v) is 3.64. The van der Waals surface area contributed by atoms with Crippen LogP contribution < -0.4 is 5.73 Å². The van der Waals surface area contributed by atoms with Gasteiger partial charge in [-0.15, -0.1) is 0 Å². The summed E-state index contributed by atoms with van der Waals surface area (Å²) in [5.41, 5.74) is 5.33. The SMILES string of the molecule is NCCC(N(CC1CC1)CC1CC1)C(F)(F)F. The van der Waals surface area contributed by atoms with Crippen LogP contribution in [-0.2, 0) is 0 Å². The molecule has 0 heterocycles. The van der Waals surface area contributed by atoms with Gasteiger partial charge in [0.1, 0.15) is 6.04 Å². The maximum atomic E-state index is 13.0. The zero-order chi connectivity index (χ0) is 12.5. The van der Waals surface area contributed by atoms with Crippen molar-refractivity contribution in [3.8, 4) is 0 Å². The van der Waals surface area contributed by atoms with Gasteiger partial charge in [-0.2, -0.15) is 13.2 Å². The molecule has 2 aliphatic rings. The van der Waals surface area contributed by atoms with E-state index in [0.29, 0.717) is 24.9 Å². The van der Waals surface area contributed by atoms with Crippen molar-refractivity contribution in [1.29, 1.82) is 0 Å². The number of alkyl halides is 3. The Hall–Kier alpha value is -0.290. The van der Waals surface area contributed by atoms with Crippen LogP contribution in [-0.4, -0.2) is 36.8 Å². The molecule has 2 N–H and O–H groups in total. The smallest absolute Gasteiger partial charge is 0.330 e. The van der Waals surface area contributed by atoms with Gasteiger partial charge in [-0.05, 0) is 50.5 Å². The van der Waals surface area contributed by atoms with E-state index >= 15 is 0 Å². The molecule has 1 atom stereocenters. The summed E-state index contributed by atoms with van der Waals surface area (Å²) in [6, 6.07) is -1.33. The van der Waals surface area contributed by atoms with Crippen LogP contribution in [0.2, 0.25) is 0 Å². The van der Waals surface area contributed by atoms with Gasteiger partial charge in [0.15, 0.2) is 0 Å². The highest BCUT2D eigenvalue weighted by atomic mass is 19.4. The zero-order valence-electron chi connectivity index (χ0n) is 10.0. The molecule has 0 bridgehead atoms. The lowest BCUT2D eigenvalue weighted by atomic mass is 10.1. The van der Waals surface area contributed by atoms with Crippen molar-refractivity contribution in [2.45, 2.75) is 44.3 Å². The Kier molecular flexibility index (Phi) is 3.98. The first kappa shape index (κ1) is 13.1. The van der Waals surface area contributed by atoms with Crippen LogP contribution >= 0.6 is 0 Å². The summed E-state index contributed by atoms with van der Waals surface area (Å²) in [4.78, 5) is 1.65. The second-order valence-corrected chi connectivity index (χ2v) is 5.48. The molecule has 5 heteroatoms. The fourth-order valence-electron chi connectivity index (χ4n) is 2.30. The summed E-state index contributed by atoms with van der Waals surface area (Å²) >= 11 is 0. The fourth-order valence-corrected chi connectivity index (χ4v) is 2.30. The van der Waals surface area contributed by atoms with E-state index in [0.717, 1.165) is 25.7 Å². The van der Waals surface area contributed by atoms with Crippen molar-refractivity contribution >= 4 is 0 Å². The number of rotatable bonds is 7. The number of halogens is 3. The Morgan fingerprint density at radius 1 is 1.06 bits per heavy atom. The quantitative estimate of drug-likeness (QED) is 0.751. The van der Waals surface area contributed by atoms with Gasteiger partial charge >= 0.3 is 6.18 Å². The Bertz CT molecular complexity index is 233. The van der Waals surface area contributed by atoms with Crippen LogP contribution in [0.5, 0.6) is 0 Å². The lowest BCUT2D eigenvalue weighted by Crippen LogP contribution is -2.48. The van der Waals surface area contributed by atoms with Crippen LogP contribution in [0.15, 0.2) is 0 Å². The van der Waals surface area contributed by atoms with Gasteiger partial charge in [-0.1, -0.05) is 0 Å². The van der Waals surface area contributed by atoms with Gasteiger partial charge in [0.25, 0.3) is 0 Å². The molecule has 2 rings (SSSR count). The van der Waals surface area contributed by atoms with E-state index in [-0.39, 0.29) is 13.0 Å². The summed E-state index contributed by atoms with van der Waals surface area (Å²) in [6.45, 7) is 1.33. The maximum absolute atomic E-state index is 13.0. The third-order valence-electron chi connectivity index (χ3n) is 3.64. The van der Waals surface area contributed by atoms with Gasteiger partial charge in [0, 0.05) is 13.1 Å². The lowest BCUT2D eigenvalue weighted by Gasteiger charge is -2.33. The standard InChI is InChI=1S/C12H21F3N2/c13-12(14,15)11(5-6-16)17(7-9-1-2-9)8-10-3-4-10/h9-11H,1-8,16H2. The predicted molar refractivity (Wildman–Crippen MR) is 60.5 cm³/mol. The molecule has 0 spiro atoms. The zero-order valence-corrected chi connectivity index (χ0v) is 10.0. The molecule has 0 radical (unpaired) electrons. The maximum Gasteiger partial charge on any atom is 0.404 e. The first-order valence-corrected chi connectivity index (χ1v) is 6.51. The first-order chi connectivity index (χ1) is 8.00. The minimum absolute atomic E-state index is 0.0307. The van der Waals surface area contributed by atoms with Gasteiger partial charge in [-0.25, -0.2) is 0 Å². The number of nitrogens with two attached hydrogens (primary N) is 1. The normalized spacial score (nSPS) is 23.1. The van der Waals surface area contributed by atoms with Crippen LogP contribution in [0.1, 0.15) is 32.1 Å². The summed E-state index contributed by atoms with van der Waals surface area (Å²) < 4.78 is 39.0. The summed E-state index contributed by atoms with van der Waals surface area (Å²) in [7, 11) is 0. The minimum atomic E-state index is -4.14. The van der Waals surface area contributed by atoms with Crippen molar-refractivity contribution in [2.24, 2.45) is 17.6 Å². The minimum Gasteiger partial charge on any atom is -0.330 e. The Labute approximate surface area is 100 Å². The Balaban J connectivity index is 1.96. The van der Waals surface area contributed by atoms with Gasteiger partial charge < -0.3 is 5.73 Å². The number of hydrogen-bond donors (Lipinski definition) is 1. The van der Waals surface area contributed by atoms with Crippen molar-refractivity contribution in [3.63, 3.8) is 0 Å². The number of nitrogens with zero attached hydrogens (tertiary/aromatic N) is 1. The van der Waals surface area contributed by atoms with Crippen LogP contribution in [0, 0.1) is 11.8 Å². The van der Waals surface area contributed by atoms with E-state index < -0.39 is 12.2 Å². The van der Waals surface area contributed by atoms with E-state index in [1.54, 1.807) is 4.90 Å². The fraction of sp³-hybridized carbons (Fsp3) is 1.00. The molecule has 0 aromatic rings. The second-order valence-electron chi connectivity index (χ2n) is 5.48. The van der Waals surface area contributed by atoms with Gasteiger partial charge in [-0.3, -0.25) is 4.90 Å². The molecule has 100 valence electrons. The molecule has 0 aromatic heterocycles. The first-order valence-electron chi connectivity index (χ1n) is 6.51. The molecular formula is C12H21F3N2.